The highest BCUT2D eigenvalue weighted by Crippen LogP contribution is 2.21. The number of nitrogens with zero attached hydrogens (tertiary/aromatic N) is 2. The zero-order valence-electron chi connectivity index (χ0n) is 13.5. The molecule has 1 aliphatic heterocycles. The van der Waals surface area contributed by atoms with Crippen molar-refractivity contribution in [3.8, 4) is 0 Å². The van der Waals surface area contributed by atoms with Gasteiger partial charge in [-0.2, -0.15) is 0 Å². The number of halogens is 1. The minimum atomic E-state index is -0.108. The first-order chi connectivity index (χ1) is 10.1. The van der Waals surface area contributed by atoms with Crippen LogP contribution in [0.4, 0.5) is 4.39 Å². The molecule has 2 rings (SSSR count). The third-order valence-electron chi connectivity index (χ3n) is 4.65. The lowest BCUT2D eigenvalue weighted by Crippen LogP contribution is -2.42. The lowest BCUT2D eigenvalue weighted by Gasteiger charge is -2.35. The molecule has 0 amide bonds. The van der Waals surface area contributed by atoms with Crippen LogP contribution in [0.15, 0.2) is 24.3 Å². The third kappa shape index (κ3) is 4.50. The van der Waals surface area contributed by atoms with Crippen LogP contribution in [0.2, 0.25) is 0 Å². The first-order valence-electron chi connectivity index (χ1n) is 7.92. The van der Waals surface area contributed by atoms with Gasteiger partial charge < -0.3 is 15.1 Å². The summed E-state index contributed by atoms with van der Waals surface area (Å²) in [6.07, 6.45) is 3.41. The van der Waals surface area contributed by atoms with Crippen molar-refractivity contribution in [1.29, 1.82) is 0 Å². The van der Waals surface area contributed by atoms with E-state index in [0.717, 1.165) is 31.6 Å². The molecule has 1 aromatic rings. The Morgan fingerprint density at radius 1 is 1.29 bits per heavy atom. The van der Waals surface area contributed by atoms with Gasteiger partial charge in [-0.05, 0) is 66.1 Å². The van der Waals surface area contributed by atoms with Gasteiger partial charge in [0.05, 0.1) is 0 Å². The molecule has 3 nitrogen and oxygen atoms in total. The van der Waals surface area contributed by atoms with E-state index in [4.69, 9.17) is 0 Å². The summed E-state index contributed by atoms with van der Waals surface area (Å²) in [5, 5.41) is 3.25. The molecule has 0 spiro atoms. The molecule has 21 heavy (non-hydrogen) atoms. The van der Waals surface area contributed by atoms with E-state index in [2.05, 4.69) is 29.2 Å². The Morgan fingerprint density at radius 3 is 2.52 bits per heavy atom. The molecule has 0 aromatic heterocycles. The van der Waals surface area contributed by atoms with Crippen LogP contribution >= 0.6 is 0 Å². The molecule has 1 atom stereocenters. The topological polar surface area (TPSA) is 18.5 Å². The normalized spacial score (nSPS) is 19.1. The van der Waals surface area contributed by atoms with Crippen LogP contribution < -0.4 is 5.32 Å². The second kappa shape index (κ2) is 7.87. The van der Waals surface area contributed by atoms with Crippen molar-refractivity contribution in [2.24, 2.45) is 0 Å². The predicted octanol–water partition coefficient (Wildman–Crippen LogP) is 2.50. The van der Waals surface area contributed by atoms with Gasteiger partial charge in [-0.1, -0.05) is 18.2 Å². The fourth-order valence-electron chi connectivity index (χ4n) is 3.18. The highest BCUT2D eigenvalue weighted by molar-refractivity contribution is 5.21. The highest BCUT2D eigenvalue weighted by atomic mass is 19.1. The van der Waals surface area contributed by atoms with Crippen LogP contribution in [0.3, 0.4) is 0 Å². The zero-order chi connectivity index (χ0) is 15.2. The van der Waals surface area contributed by atoms with Crippen LogP contribution in [-0.4, -0.2) is 56.6 Å². The molecule has 1 saturated heterocycles. The number of hydrogen-bond donors (Lipinski definition) is 1. The van der Waals surface area contributed by atoms with Gasteiger partial charge in [0.15, 0.2) is 0 Å². The molecule has 1 aromatic carbocycles. The molecule has 0 aliphatic carbocycles. The van der Waals surface area contributed by atoms with Gasteiger partial charge >= 0.3 is 0 Å². The molecule has 1 fully saturated rings. The largest absolute Gasteiger partial charge is 0.313 e. The number of rotatable bonds is 6. The Kier molecular flexibility index (Phi) is 6.15. The summed E-state index contributed by atoms with van der Waals surface area (Å²) >= 11 is 0. The summed E-state index contributed by atoms with van der Waals surface area (Å²) in [4.78, 5) is 4.83. The van der Waals surface area contributed by atoms with E-state index in [9.17, 15) is 4.39 Å². The number of hydrogen-bond acceptors (Lipinski definition) is 3. The minimum absolute atomic E-state index is 0.0952. The fraction of sp³-hybridized carbons (Fsp3) is 0.647. The van der Waals surface area contributed by atoms with Crippen molar-refractivity contribution in [3.63, 3.8) is 0 Å². The van der Waals surface area contributed by atoms with Gasteiger partial charge in [-0.25, -0.2) is 4.39 Å². The van der Waals surface area contributed by atoms with Crippen LogP contribution in [0.1, 0.15) is 30.9 Å². The maximum Gasteiger partial charge on any atom is 0.127 e. The lowest BCUT2D eigenvalue weighted by molar-refractivity contribution is 0.141. The van der Waals surface area contributed by atoms with Crippen molar-refractivity contribution in [2.75, 3.05) is 40.8 Å². The Bertz CT molecular complexity index is 428. The van der Waals surface area contributed by atoms with E-state index in [-0.39, 0.29) is 11.9 Å². The highest BCUT2D eigenvalue weighted by Gasteiger charge is 2.21. The monoisotopic (exact) mass is 293 g/mol. The summed E-state index contributed by atoms with van der Waals surface area (Å²) in [5.74, 6) is -0.108. The van der Waals surface area contributed by atoms with Gasteiger partial charge in [0.2, 0.25) is 0 Å². The SMILES string of the molecule is CNC(CCN1CCC(N(C)C)CC1)c1ccccc1F. The quantitative estimate of drug-likeness (QED) is 0.869. The molecule has 1 heterocycles. The van der Waals surface area contributed by atoms with Crippen molar-refractivity contribution in [3.05, 3.63) is 35.6 Å². The van der Waals surface area contributed by atoms with Crippen molar-refractivity contribution < 1.29 is 4.39 Å². The number of benzene rings is 1. The first-order valence-corrected chi connectivity index (χ1v) is 7.92. The van der Waals surface area contributed by atoms with Crippen LogP contribution in [0, 0.1) is 5.82 Å². The maximum absolute atomic E-state index is 13.9. The summed E-state index contributed by atoms with van der Waals surface area (Å²) in [6.45, 7) is 3.33. The van der Waals surface area contributed by atoms with Gasteiger partial charge in [-0.3, -0.25) is 0 Å². The van der Waals surface area contributed by atoms with E-state index < -0.39 is 0 Å². The maximum atomic E-state index is 13.9. The Morgan fingerprint density at radius 2 is 1.95 bits per heavy atom. The molecule has 1 unspecified atom stereocenters. The molecular formula is C17H28FN3. The molecule has 4 heteroatoms. The first kappa shape index (κ1) is 16.4. The van der Waals surface area contributed by atoms with Gasteiger partial charge in [0, 0.05) is 17.6 Å². The fourth-order valence-corrected chi connectivity index (χ4v) is 3.18. The van der Waals surface area contributed by atoms with Crippen LogP contribution in [0.5, 0.6) is 0 Å². The average molecular weight is 293 g/mol. The average Bonchev–Trinajstić information content (AvgIpc) is 2.50. The Labute approximate surface area is 128 Å². The van der Waals surface area contributed by atoms with Crippen molar-refractivity contribution in [2.45, 2.75) is 31.3 Å². The Hall–Kier alpha value is -0.970. The third-order valence-corrected chi connectivity index (χ3v) is 4.65. The van der Waals surface area contributed by atoms with Gasteiger partial charge in [-0.15, -0.1) is 0 Å². The summed E-state index contributed by atoms with van der Waals surface area (Å²) in [6, 6.07) is 7.89. The van der Waals surface area contributed by atoms with E-state index in [1.807, 2.05) is 19.2 Å². The van der Waals surface area contributed by atoms with E-state index >= 15 is 0 Å². The molecule has 1 N–H and O–H groups in total. The van der Waals surface area contributed by atoms with Crippen LogP contribution in [0.25, 0.3) is 0 Å². The second-order valence-corrected chi connectivity index (χ2v) is 6.19. The molecule has 0 saturated carbocycles. The summed E-state index contributed by atoms with van der Waals surface area (Å²) < 4.78 is 13.9. The molecule has 0 radical (unpaired) electrons. The van der Waals surface area contributed by atoms with Crippen LogP contribution in [-0.2, 0) is 0 Å². The van der Waals surface area contributed by atoms with Crippen molar-refractivity contribution >= 4 is 0 Å². The number of likely N-dealkylation sites (tertiary alicyclic amines) is 1. The van der Waals surface area contributed by atoms with Crippen molar-refractivity contribution in [1.82, 2.24) is 15.1 Å². The molecule has 0 bridgehead atoms. The number of piperidine rings is 1. The lowest BCUT2D eigenvalue weighted by atomic mass is 10.0. The number of nitrogens with one attached hydrogen (secondary N) is 1. The summed E-state index contributed by atoms with van der Waals surface area (Å²) in [5.41, 5.74) is 0.781. The standard InChI is InChI=1S/C17H28FN3/c1-19-17(15-6-4-5-7-16(15)18)10-13-21-11-8-14(9-12-21)20(2)3/h4-7,14,17,19H,8-13H2,1-3H3. The second-order valence-electron chi connectivity index (χ2n) is 6.19. The minimum Gasteiger partial charge on any atom is -0.313 e. The Balaban J connectivity index is 1.83. The smallest absolute Gasteiger partial charge is 0.127 e. The molecular weight excluding hydrogens is 265 g/mol. The van der Waals surface area contributed by atoms with Gasteiger partial charge in [0.25, 0.3) is 0 Å². The zero-order valence-corrected chi connectivity index (χ0v) is 13.5. The van der Waals surface area contributed by atoms with E-state index in [1.54, 1.807) is 12.1 Å². The van der Waals surface area contributed by atoms with Gasteiger partial charge in [0.1, 0.15) is 5.82 Å². The molecule has 1 aliphatic rings. The van der Waals surface area contributed by atoms with E-state index in [1.165, 1.54) is 12.8 Å². The summed E-state index contributed by atoms with van der Waals surface area (Å²) in [7, 11) is 6.24. The predicted molar refractivity (Wildman–Crippen MR) is 86.0 cm³/mol. The molecule has 118 valence electrons. The van der Waals surface area contributed by atoms with E-state index in [0.29, 0.717) is 6.04 Å².